The number of benzene rings is 1. The Kier molecular flexibility index (Phi) is 5.89. The Morgan fingerprint density at radius 1 is 0.950 bits per heavy atom. The third kappa shape index (κ3) is 4.78. The zero-order chi connectivity index (χ0) is 15.2. The van der Waals surface area contributed by atoms with E-state index >= 15 is 0 Å². The van der Waals surface area contributed by atoms with Crippen LogP contribution in [0.15, 0.2) is 47.6 Å². The van der Waals surface area contributed by atoms with Gasteiger partial charge in [0.15, 0.2) is 14.9 Å². The molecule has 20 heavy (non-hydrogen) atoms. The van der Waals surface area contributed by atoms with Crippen molar-refractivity contribution in [1.82, 2.24) is 4.98 Å². The zero-order valence-corrected chi connectivity index (χ0v) is 13.2. The molecule has 0 N–H and O–H groups in total. The fourth-order valence-electron chi connectivity index (χ4n) is 1.52. The van der Waals surface area contributed by atoms with E-state index < -0.39 is 9.84 Å². The summed E-state index contributed by atoms with van der Waals surface area (Å²) in [7, 11) is -3.22. The Bertz CT molecular complexity index is 629. The van der Waals surface area contributed by atoms with Crippen LogP contribution in [0.4, 0.5) is 0 Å². The first-order valence-corrected chi connectivity index (χ1v) is 8.50. The van der Waals surface area contributed by atoms with Crippen LogP contribution in [-0.2, 0) is 9.84 Å². The molecule has 2 rings (SSSR count). The fraction of sp³-hybridized carbons (Fsp3) is 0.312. The average Bonchev–Trinajstić information content (AvgIpc) is 2.40. The number of aryl methyl sites for hydroxylation is 1. The van der Waals surface area contributed by atoms with Gasteiger partial charge in [0, 0.05) is 18.0 Å². The highest BCUT2D eigenvalue weighted by atomic mass is 32.2. The second-order valence-corrected chi connectivity index (χ2v) is 6.69. The van der Waals surface area contributed by atoms with Gasteiger partial charge in [-0.25, -0.2) is 13.4 Å². The normalized spacial score (nSPS) is 10.6. The molecule has 0 unspecified atom stereocenters. The minimum atomic E-state index is -3.22. The van der Waals surface area contributed by atoms with Gasteiger partial charge in [0.25, 0.3) is 0 Å². The van der Waals surface area contributed by atoms with Crippen molar-refractivity contribution in [3.63, 3.8) is 0 Å². The lowest BCUT2D eigenvalue weighted by Crippen LogP contribution is -1.99. The van der Waals surface area contributed by atoms with Crippen molar-refractivity contribution >= 4 is 9.84 Å². The maximum Gasteiger partial charge on any atom is 0.192 e. The van der Waals surface area contributed by atoms with Gasteiger partial charge >= 0.3 is 0 Å². The summed E-state index contributed by atoms with van der Waals surface area (Å²) in [5.74, 6) is 0. The number of aromatic nitrogens is 1. The van der Waals surface area contributed by atoms with Gasteiger partial charge in [-0.15, -0.1) is 0 Å². The van der Waals surface area contributed by atoms with Gasteiger partial charge < -0.3 is 0 Å². The van der Waals surface area contributed by atoms with Crippen LogP contribution >= 0.6 is 0 Å². The molecule has 3 nitrogen and oxygen atoms in total. The van der Waals surface area contributed by atoms with E-state index in [1.54, 1.807) is 12.3 Å². The lowest BCUT2D eigenvalue weighted by atomic mass is 10.1. The quantitative estimate of drug-likeness (QED) is 0.843. The van der Waals surface area contributed by atoms with E-state index in [4.69, 9.17) is 0 Å². The zero-order valence-electron chi connectivity index (χ0n) is 12.4. The van der Waals surface area contributed by atoms with Gasteiger partial charge in [-0.1, -0.05) is 50.1 Å². The lowest BCUT2D eigenvalue weighted by molar-refractivity contribution is 0.598. The Morgan fingerprint density at radius 2 is 1.45 bits per heavy atom. The van der Waals surface area contributed by atoms with Crippen LogP contribution in [-0.4, -0.2) is 19.7 Å². The molecular formula is C16H21NO2S. The number of sulfone groups is 1. The minimum Gasteiger partial charge on any atom is -0.244 e. The second-order valence-electron chi connectivity index (χ2n) is 4.73. The van der Waals surface area contributed by atoms with Gasteiger partial charge in [-0.05, 0) is 24.6 Å². The number of hydrogen-bond acceptors (Lipinski definition) is 3. The lowest BCUT2D eigenvalue weighted by Gasteiger charge is -2.03. The third-order valence-electron chi connectivity index (χ3n) is 2.50. The predicted molar refractivity (Wildman–Crippen MR) is 83.5 cm³/mol. The van der Waals surface area contributed by atoms with Crippen molar-refractivity contribution < 1.29 is 8.42 Å². The Hall–Kier alpha value is -1.68. The molecule has 2 aromatic rings. The van der Waals surface area contributed by atoms with Crippen LogP contribution < -0.4 is 0 Å². The van der Waals surface area contributed by atoms with Crippen LogP contribution in [0.1, 0.15) is 25.8 Å². The topological polar surface area (TPSA) is 47.0 Å². The molecule has 1 aromatic carbocycles. The van der Waals surface area contributed by atoms with Gasteiger partial charge in [0.2, 0.25) is 0 Å². The molecule has 1 aromatic heterocycles. The molecule has 0 saturated carbocycles. The molecule has 0 radical (unpaired) electrons. The van der Waals surface area contributed by atoms with Crippen LogP contribution in [0.25, 0.3) is 11.1 Å². The summed E-state index contributed by atoms with van der Waals surface area (Å²) in [6, 6.07) is 11.3. The molecule has 0 aliphatic carbocycles. The number of pyridine rings is 1. The van der Waals surface area contributed by atoms with Gasteiger partial charge in [-0.2, -0.15) is 0 Å². The molecule has 0 bridgehead atoms. The van der Waals surface area contributed by atoms with Gasteiger partial charge in [-0.3, -0.25) is 0 Å². The number of nitrogens with zero attached hydrogens (tertiary/aromatic N) is 1. The van der Waals surface area contributed by atoms with Crippen LogP contribution in [0.5, 0.6) is 0 Å². The summed E-state index contributed by atoms with van der Waals surface area (Å²) < 4.78 is 22.5. The largest absolute Gasteiger partial charge is 0.244 e. The standard InChI is InChI=1S/C13H13NO2S.C3H8/c1-10-3-5-11(6-4-10)12-7-8-13(14-9-12)17(2,15)16;1-3-2/h3-9H,1-2H3;3H2,1-2H3. The number of rotatable bonds is 2. The molecule has 0 atom stereocenters. The van der Waals surface area contributed by atoms with Crippen molar-refractivity contribution in [3.8, 4) is 11.1 Å². The molecule has 108 valence electrons. The van der Waals surface area contributed by atoms with Crippen molar-refractivity contribution in [2.45, 2.75) is 32.2 Å². The summed E-state index contributed by atoms with van der Waals surface area (Å²) in [6.07, 6.45) is 3.99. The molecule has 0 spiro atoms. The van der Waals surface area contributed by atoms with E-state index in [0.717, 1.165) is 17.4 Å². The molecular weight excluding hydrogens is 270 g/mol. The molecule has 0 saturated heterocycles. The fourth-order valence-corrected chi connectivity index (χ4v) is 2.08. The summed E-state index contributed by atoms with van der Waals surface area (Å²) in [4.78, 5) is 3.96. The molecule has 0 aliphatic heterocycles. The summed E-state index contributed by atoms with van der Waals surface area (Å²) in [5, 5.41) is 0.105. The predicted octanol–water partition coefficient (Wildman–Crippen LogP) is 3.88. The molecule has 4 heteroatoms. The van der Waals surface area contributed by atoms with E-state index in [1.165, 1.54) is 18.1 Å². The summed E-state index contributed by atoms with van der Waals surface area (Å²) in [5.41, 5.74) is 3.13. The van der Waals surface area contributed by atoms with Gasteiger partial charge in [0.05, 0.1) is 0 Å². The monoisotopic (exact) mass is 291 g/mol. The molecule has 0 amide bonds. The van der Waals surface area contributed by atoms with Crippen molar-refractivity contribution in [2.24, 2.45) is 0 Å². The minimum absolute atomic E-state index is 0.105. The average molecular weight is 291 g/mol. The first-order valence-electron chi connectivity index (χ1n) is 6.61. The smallest absolute Gasteiger partial charge is 0.192 e. The Balaban J connectivity index is 0.000000612. The Morgan fingerprint density at radius 3 is 1.85 bits per heavy atom. The first-order chi connectivity index (χ1) is 9.38. The molecule has 0 aliphatic rings. The molecule has 0 fully saturated rings. The summed E-state index contributed by atoms with van der Waals surface area (Å²) in [6.45, 7) is 6.27. The number of hydrogen-bond donors (Lipinski definition) is 0. The van der Waals surface area contributed by atoms with Crippen LogP contribution in [0.3, 0.4) is 0 Å². The van der Waals surface area contributed by atoms with E-state index in [-0.39, 0.29) is 5.03 Å². The highest BCUT2D eigenvalue weighted by Crippen LogP contribution is 2.19. The van der Waals surface area contributed by atoms with Crippen molar-refractivity contribution in [2.75, 3.05) is 6.26 Å². The Labute approximate surface area is 121 Å². The van der Waals surface area contributed by atoms with Gasteiger partial charge in [0.1, 0.15) is 0 Å². The highest BCUT2D eigenvalue weighted by Gasteiger charge is 2.08. The van der Waals surface area contributed by atoms with E-state index in [9.17, 15) is 8.42 Å². The maximum absolute atomic E-state index is 11.3. The van der Waals surface area contributed by atoms with Crippen molar-refractivity contribution in [1.29, 1.82) is 0 Å². The maximum atomic E-state index is 11.3. The SMILES string of the molecule is CCC.Cc1ccc(-c2ccc(S(C)(=O)=O)nc2)cc1. The van der Waals surface area contributed by atoms with Crippen LogP contribution in [0.2, 0.25) is 0 Å². The van der Waals surface area contributed by atoms with Crippen LogP contribution in [0, 0.1) is 6.92 Å². The second kappa shape index (κ2) is 7.20. The van der Waals surface area contributed by atoms with E-state index in [2.05, 4.69) is 18.8 Å². The van der Waals surface area contributed by atoms with E-state index in [0.29, 0.717) is 0 Å². The first kappa shape index (κ1) is 16.4. The third-order valence-corrected chi connectivity index (χ3v) is 3.50. The van der Waals surface area contributed by atoms with E-state index in [1.807, 2.05) is 31.2 Å². The van der Waals surface area contributed by atoms with Crippen molar-refractivity contribution in [3.05, 3.63) is 48.2 Å². The highest BCUT2D eigenvalue weighted by molar-refractivity contribution is 7.90. The molecule has 1 heterocycles. The summed E-state index contributed by atoms with van der Waals surface area (Å²) >= 11 is 0.